The second-order valence-corrected chi connectivity index (χ2v) is 10.5. The molecule has 1 heterocycles. The number of carbonyl (C=O) groups is 2. The second kappa shape index (κ2) is 14.6. The molecule has 0 saturated heterocycles. The van der Waals surface area contributed by atoms with Crippen molar-refractivity contribution in [1.29, 1.82) is 0 Å². The molecule has 0 atom stereocenters. The fraction of sp³-hybridized carbons (Fsp3) is 0.517. The van der Waals surface area contributed by atoms with Crippen molar-refractivity contribution < 1.29 is 29.3 Å². The number of benzene rings is 2. The van der Waals surface area contributed by atoms with Crippen LogP contribution in [0.4, 0.5) is 0 Å². The summed E-state index contributed by atoms with van der Waals surface area (Å²) >= 11 is 0. The quantitative estimate of drug-likeness (QED) is 0.197. The maximum Gasteiger partial charge on any atom is 0.305 e. The molecule has 0 saturated carbocycles. The van der Waals surface area contributed by atoms with Crippen molar-refractivity contribution in [2.45, 2.75) is 64.7 Å². The van der Waals surface area contributed by atoms with Gasteiger partial charge in [-0.3, -0.25) is 9.59 Å². The van der Waals surface area contributed by atoms with Crippen molar-refractivity contribution in [3.8, 4) is 11.4 Å². The highest BCUT2D eigenvalue weighted by Gasteiger charge is 2.23. The Hall–Kier alpha value is -3.50. The zero-order valence-electron chi connectivity index (χ0n) is 23.1. The highest BCUT2D eigenvalue weighted by molar-refractivity contribution is 5.76. The fourth-order valence-electron chi connectivity index (χ4n) is 4.07. The average molecular weight is 541 g/mol. The van der Waals surface area contributed by atoms with Crippen LogP contribution in [-0.4, -0.2) is 70.1 Å². The summed E-state index contributed by atoms with van der Waals surface area (Å²) in [4.78, 5) is 25.5. The van der Waals surface area contributed by atoms with Crippen molar-refractivity contribution in [3.05, 3.63) is 47.5 Å². The van der Waals surface area contributed by atoms with Crippen LogP contribution >= 0.6 is 0 Å². The zero-order valence-corrected chi connectivity index (χ0v) is 23.1. The molecule has 0 radical (unpaired) electrons. The fourth-order valence-corrected chi connectivity index (χ4v) is 4.07. The van der Waals surface area contributed by atoms with Gasteiger partial charge in [0.2, 0.25) is 5.91 Å². The van der Waals surface area contributed by atoms with Crippen LogP contribution in [0.5, 0.6) is 5.75 Å². The number of aliphatic hydroxyl groups excluding tert-OH is 1. The molecule has 0 unspecified atom stereocenters. The van der Waals surface area contributed by atoms with Crippen LogP contribution in [0.25, 0.3) is 16.7 Å². The molecule has 3 aromatic rings. The predicted octanol–water partition coefficient (Wildman–Crippen LogP) is 3.58. The van der Waals surface area contributed by atoms with Crippen molar-refractivity contribution >= 4 is 22.9 Å². The smallest absolute Gasteiger partial charge is 0.305 e. The third kappa shape index (κ3) is 9.33. The van der Waals surface area contributed by atoms with E-state index >= 15 is 0 Å². The number of aromatic nitrogens is 3. The average Bonchev–Trinajstić information content (AvgIpc) is 3.33. The van der Waals surface area contributed by atoms with Gasteiger partial charge in [0.25, 0.3) is 0 Å². The van der Waals surface area contributed by atoms with Gasteiger partial charge in [0.05, 0.1) is 13.2 Å². The van der Waals surface area contributed by atoms with E-state index in [9.17, 15) is 14.7 Å². The van der Waals surface area contributed by atoms with Crippen LogP contribution in [0.2, 0.25) is 0 Å². The molecule has 212 valence electrons. The standard InChI is InChI=1S/C29H40N4O6/c1-29(2,3)22-19-21(20-25(28(22)37)33-31-23-9-6-7-10-24(23)32-33)12-13-26(35)30-14-16-38-17-18-39-27(36)11-5-4-8-15-34/h6-7,9-10,19-20,34,37H,4-5,8,11-18H2,1-3H3,(H,30,35). The summed E-state index contributed by atoms with van der Waals surface area (Å²) in [6.45, 7) is 7.31. The lowest BCUT2D eigenvalue weighted by Crippen LogP contribution is -2.28. The van der Waals surface area contributed by atoms with Crippen LogP contribution in [0, 0.1) is 0 Å². The van der Waals surface area contributed by atoms with E-state index in [1.54, 1.807) is 0 Å². The van der Waals surface area contributed by atoms with Crippen LogP contribution in [-0.2, 0) is 30.9 Å². The number of ether oxygens (including phenoxy) is 2. The number of carbonyl (C=O) groups excluding carboxylic acids is 2. The Labute approximate surface area is 229 Å². The molecule has 10 nitrogen and oxygen atoms in total. The number of aromatic hydroxyl groups is 1. The van der Waals surface area contributed by atoms with Gasteiger partial charge in [-0.25, -0.2) is 0 Å². The van der Waals surface area contributed by atoms with Crippen molar-refractivity contribution in [2.75, 3.05) is 33.0 Å². The topological polar surface area (TPSA) is 136 Å². The van der Waals surface area contributed by atoms with Crippen molar-refractivity contribution in [1.82, 2.24) is 20.3 Å². The van der Waals surface area contributed by atoms with Gasteiger partial charge in [0.1, 0.15) is 29.1 Å². The third-order valence-electron chi connectivity index (χ3n) is 6.20. The normalized spacial score (nSPS) is 11.6. The van der Waals surface area contributed by atoms with E-state index in [4.69, 9.17) is 14.6 Å². The van der Waals surface area contributed by atoms with Crippen LogP contribution in [0.3, 0.4) is 0 Å². The summed E-state index contributed by atoms with van der Waals surface area (Å²) in [5, 5.41) is 31.7. The van der Waals surface area contributed by atoms with Crippen LogP contribution in [0.15, 0.2) is 36.4 Å². The lowest BCUT2D eigenvalue weighted by atomic mass is 9.84. The summed E-state index contributed by atoms with van der Waals surface area (Å²) in [6, 6.07) is 11.3. The van der Waals surface area contributed by atoms with Gasteiger partial charge in [0, 0.05) is 31.6 Å². The first kappa shape index (κ1) is 30.0. The van der Waals surface area contributed by atoms with Gasteiger partial charge in [-0.05, 0) is 48.4 Å². The number of nitrogens with zero attached hydrogens (tertiary/aromatic N) is 3. The lowest BCUT2D eigenvalue weighted by Gasteiger charge is -2.23. The summed E-state index contributed by atoms with van der Waals surface area (Å²) in [6.07, 6.45) is 3.29. The number of hydrogen-bond donors (Lipinski definition) is 3. The van der Waals surface area contributed by atoms with Crippen LogP contribution in [0.1, 0.15) is 64.0 Å². The second-order valence-electron chi connectivity index (χ2n) is 10.5. The Morgan fingerprint density at radius 3 is 2.36 bits per heavy atom. The number of rotatable bonds is 15. The first-order chi connectivity index (χ1) is 18.7. The number of fused-ring (bicyclic) bond motifs is 1. The first-order valence-electron chi connectivity index (χ1n) is 13.5. The Morgan fingerprint density at radius 1 is 0.974 bits per heavy atom. The number of hydrogen-bond acceptors (Lipinski definition) is 8. The number of phenols is 1. The minimum absolute atomic E-state index is 0.109. The molecule has 0 bridgehead atoms. The molecule has 0 fully saturated rings. The molecule has 0 spiro atoms. The third-order valence-corrected chi connectivity index (χ3v) is 6.20. The molecule has 2 aromatic carbocycles. The highest BCUT2D eigenvalue weighted by Crippen LogP contribution is 2.36. The van der Waals surface area contributed by atoms with Gasteiger partial charge in [-0.1, -0.05) is 45.4 Å². The maximum absolute atomic E-state index is 12.4. The molecule has 3 rings (SSSR count). The van der Waals surface area contributed by atoms with Gasteiger partial charge in [-0.15, -0.1) is 15.0 Å². The number of unbranched alkanes of at least 4 members (excludes halogenated alkanes) is 2. The van der Waals surface area contributed by atoms with Gasteiger partial charge < -0.3 is 25.0 Å². The Morgan fingerprint density at radius 2 is 1.69 bits per heavy atom. The SMILES string of the molecule is CC(C)(C)c1cc(CCC(=O)NCCOCCOC(=O)CCCCCO)cc(-n2nc3ccccc3n2)c1O. The number of aliphatic hydroxyl groups is 1. The van der Waals surface area contributed by atoms with Gasteiger partial charge in [0.15, 0.2) is 0 Å². The molecule has 0 aliphatic rings. The first-order valence-corrected chi connectivity index (χ1v) is 13.5. The number of amides is 1. The summed E-state index contributed by atoms with van der Waals surface area (Å²) in [5.41, 5.74) is 3.28. The number of esters is 1. The summed E-state index contributed by atoms with van der Waals surface area (Å²) in [5.74, 6) is -0.253. The number of nitrogens with one attached hydrogen (secondary N) is 1. The van der Waals surface area contributed by atoms with E-state index in [2.05, 4.69) is 15.5 Å². The number of aryl methyl sites for hydroxylation is 1. The molecular formula is C29H40N4O6. The van der Waals surface area contributed by atoms with E-state index < -0.39 is 0 Å². The molecule has 0 aliphatic carbocycles. The molecule has 39 heavy (non-hydrogen) atoms. The predicted molar refractivity (Wildman–Crippen MR) is 148 cm³/mol. The van der Waals surface area contributed by atoms with E-state index in [0.29, 0.717) is 44.5 Å². The summed E-state index contributed by atoms with van der Waals surface area (Å²) in [7, 11) is 0. The minimum Gasteiger partial charge on any atom is -0.505 e. The summed E-state index contributed by atoms with van der Waals surface area (Å²) < 4.78 is 10.5. The highest BCUT2D eigenvalue weighted by atomic mass is 16.6. The molecular weight excluding hydrogens is 500 g/mol. The lowest BCUT2D eigenvalue weighted by molar-refractivity contribution is -0.145. The molecule has 1 amide bonds. The van der Waals surface area contributed by atoms with E-state index in [1.807, 2.05) is 57.2 Å². The Kier molecular flexibility index (Phi) is 11.2. The minimum atomic E-state index is -0.324. The Bertz CT molecular complexity index is 1200. The van der Waals surface area contributed by atoms with Crippen LogP contribution < -0.4 is 5.32 Å². The molecule has 0 aliphatic heterocycles. The Balaban J connectivity index is 1.47. The number of phenolic OH excluding ortho intramolecular Hbond substituents is 1. The van der Waals surface area contributed by atoms with E-state index in [-0.39, 0.29) is 49.3 Å². The largest absolute Gasteiger partial charge is 0.505 e. The van der Waals surface area contributed by atoms with E-state index in [1.165, 1.54) is 4.80 Å². The molecule has 3 N–H and O–H groups in total. The van der Waals surface area contributed by atoms with Gasteiger partial charge in [-0.2, -0.15) is 0 Å². The van der Waals surface area contributed by atoms with Crippen molar-refractivity contribution in [3.63, 3.8) is 0 Å². The molecule has 10 heteroatoms. The van der Waals surface area contributed by atoms with Gasteiger partial charge >= 0.3 is 5.97 Å². The van der Waals surface area contributed by atoms with E-state index in [0.717, 1.165) is 28.6 Å². The van der Waals surface area contributed by atoms with Crippen molar-refractivity contribution in [2.24, 2.45) is 0 Å². The monoisotopic (exact) mass is 540 g/mol. The zero-order chi connectivity index (χ0) is 28.3. The molecule has 1 aromatic heterocycles. The maximum atomic E-state index is 12.4.